The summed E-state index contributed by atoms with van der Waals surface area (Å²) in [5.41, 5.74) is 2.60. The Morgan fingerprint density at radius 2 is 2.05 bits per heavy atom. The molecule has 1 aliphatic heterocycles. The van der Waals surface area contributed by atoms with Gasteiger partial charge in [-0.25, -0.2) is 4.39 Å². The van der Waals surface area contributed by atoms with Gasteiger partial charge in [-0.3, -0.25) is 4.99 Å². The molecule has 3 rings (SSSR count). The van der Waals surface area contributed by atoms with E-state index in [-0.39, 0.29) is 18.5 Å². The number of aliphatic hydroxyl groups excluding tert-OH is 1. The molecule has 1 N–H and O–H groups in total. The smallest absolute Gasteiger partial charge is 0.139 e. The third-order valence-electron chi connectivity index (χ3n) is 3.81. The third-order valence-corrected chi connectivity index (χ3v) is 3.81. The molecule has 2 aromatic carbocycles. The van der Waals surface area contributed by atoms with Crippen LogP contribution in [-0.2, 0) is 13.0 Å². The van der Waals surface area contributed by atoms with Crippen molar-refractivity contribution in [3.8, 4) is 5.75 Å². The van der Waals surface area contributed by atoms with Gasteiger partial charge in [0.25, 0.3) is 0 Å². The van der Waals surface area contributed by atoms with Gasteiger partial charge >= 0.3 is 0 Å². The number of aliphatic imine (C=N–C) groups is 1. The number of nitrogens with zero attached hydrogens (tertiary/aromatic N) is 1. The summed E-state index contributed by atoms with van der Waals surface area (Å²) in [6, 6.07) is 14.4. The maximum atomic E-state index is 13.2. The summed E-state index contributed by atoms with van der Waals surface area (Å²) in [6.45, 7) is 0.390. The van der Waals surface area contributed by atoms with E-state index in [1.165, 1.54) is 12.1 Å². The highest BCUT2D eigenvalue weighted by molar-refractivity contribution is 5.90. The highest BCUT2D eigenvalue weighted by Gasteiger charge is 2.24. The standard InChI is InChI=1S/C18H18FNO2/c19-15-7-9-17-14(10-15)6-8-18(22-17)16(12-21)20-11-13-4-2-1-3-5-13/h1-5,7,9-10,18,21H,6,8,11-12H2/t18-/m0/s1. The van der Waals surface area contributed by atoms with E-state index < -0.39 is 0 Å². The summed E-state index contributed by atoms with van der Waals surface area (Å²) >= 11 is 0. The van der Waals surface area contributed by atoms with Crippen molar-refractivity contribution in [1.29, 1.82) is 0 Å². The number of halogens is 1. The number of aryl methyl sites for hydroxylation is 1. The fraction of sp³-hybridized carbons (Fsp3) is 0.278. The lowest BCUT2D eigenvalue weighted by Gasteiger charge is -2.26. The van der Waals surface area contributed by atoms with Crippen molar-refractivity contribution in [1.82, 2.24) is 0 Å². The Morgan fingerprint density at radius 1 is 1.23 bits per heavy atom. The molecule has 0 unspecified atom stereocenters. The average Bonchev–Trinajstić information content (AvgIpc) is 2.56. The average molecular weight is 299 g/mol. The molecule has 2 aromatic rings. The maximum Gasteiger partial charge on any atom is 0.139 e. The molecule has 0 aromatic heterocycles. The first kappa shape index (κ1) is 14.7. The second-order valence-corrected chi connectivity index (χ2v) is 5.35. The van der Waals surface area contributed by atoms with Crippen LogP contribution in [0.15, 0.2) is 53.5 Å². The summed E-state index contributed by atoms with van der Waals surface area (Å²) < 4.78 is 19.1. The van der Waals surface area contributed by atoms with Crippen molar-refractivity contribution in [3.05, 3.63) is 65.5 Å². The van der Waals surface area contributed by atoms with Gasteiger partial charge < -0.3 is 9.84 Å². The van der Waals surface area contributed by atoms with E-state index in [1.807, 2.05) is 30.3 Å². The van der Waals surface area contributed by atoms with E-state index >= 15 is 0 Å². The minimum absolute atomic E-state index is 0.131. The normalized spacial score (nSPS) is 17.7. The molecule has 0 radical (unpaired) electrons. The molecule has 0 aliphatic carbocycles. The second kappa shape index (κ2) is 6.71. The molecule has 0 bridgehead atoms. The fourth-order valence-corrected chi connectivity index (χ4v) is 2.62. The summed E-state index contributed by atoms with van der Waals surface area (Å²) in [5.74, 6) is 0.430. The predicted molar refractivity (Wildman–Crippen MR) is 83.8 cm³/mol. The lowest BCUT2D eigenvalue weighted by Crippen LogP contribution is -2.33. The Hall–Kier alpha value is -2.20. The highest BCUT2D eigenvalue weighted by atomic mass is 19.1. The Kier molecular flexibility index (Phi) is 4.49. The van der Waals surface area contributed by atoms with Gasteiger partial charge in [-0.1, -0.05) is 30.3 Å². The predicted octanol–water partition coefficient (Wildman–Crippen LogP) is 3.15. The lowest BCUT2D eigenvalue weighted by atomic mass is 9.99. The van der Waals surface area contributed by atoms with Gasteiger partial charge in [0.1, 0.15) is 17.7 Å². The molecular formula is C18H18FNO2. The van der Waals surface area contributed by atoms with E-state index in [2.05, 4.69) is 4.99 Å². The topological polar surface area (TPSA) is 41.8 Å². The van der Waals surface area contributed by atoms with Crippen molar-refractivity contribution in [2.75, 3.05) is 6.61 Å². The van der Waals surface area contributed by atoms with Crippen LogP contribution in [0.25, 0.3) is 0 Å². The van der Waals surface area contributed by atoms with E-state index in [0.29, 0.717) is 24.4 Å². The Balaban J connectivity index is 1.73. The molecule has 4 heteroatoms. The summed E-state index contributed by atoms with van der Waals surface area (Å²) in [6.07, 6.45) is 1.18. The molecule has 0 spiro atoms. The number of hydrogen-bond donors (Lipinski definition) is 1. The maximum absolute atomic E-state index is 13.2. The van der Waals surface area contributed by atoms with Crippen molar-refractivity contribution >= 4 is 5.71 Å². The minimum Gasteiger partial charge on any atom is -0.484 e. The molecule has 3 nitrogen and oxygen atoms in total. The van der Waals surface area contributed by atoms with Crippen LogP contribution in [0.3, 0.4) is 0 Å². The van der Waals surface area contributed by atoms with Gasteiger partial charge in [-0.15, -0.1) is 0 Å². The molecular weight excluding hydrogens is 281 g/mol. The quantitative estimate of drug-likeness (QED) is 0.881. The Bertz CT molecular complexity index is 670. The molecule has 22 heavy (non-hydrogen) atoms. The lowest BCUT2D eigenvalue weighted by molar-refractivity contribution is 0.223. The van der Waals surface area contributed by atoms with E-state index in [0.717, 1.165) is 17.5 Å². The largest absolute Gasteiger partial charge is 0.484 e. The van der Waals surface area contributed by atoms with Crippen molar-refractivity contribution in [2.45, 2.75) is 25.5 Å². The summed E-state index contributed by atoms with van der Waals surface area (Å²) in [4.78, 5) is 4.49. The number of rotatable bonds is 4. The number of hydrogen-bond acceptors (Lipinski definition) is 3. The molecule has 0 saturated heterocycles. The third kappa shape index (κ3) is 3.34. The number of aliphatic hydroxyl groups is 1. The van der Waals surface area contributed by atoms with Crippen LogP contribution < -0.4 is 4.74 Å². The van der Waals surface area contributed by atoms with Gasteiger partial charge in [0.2, 0.25) is 0 Å². The van der Waals surface area contributed by atoms with Gasteiger partial charge in [-0.05, 0) is 42.2 Å². The second-order valence-electron chi connectivity index (χ2n) is 5.35. The number of ether oxygens (including phenoxy) is 1. The first-order valence-electron chi connectivity index (χ1n) is 7.39. The highest BCUT2D eigenvalue weighted by Crippen LogP contribution is 2.28. The van der Waals surface area contributed by atoms with Gasteiger partial charge in [-0.2, -0.15) is 0 Å². The van der Waals surface area contributed by atoms with Crippen LogP contribution in [0.5, 0.6) is 5.75 Å². The van der Waals surface area contributed by atoms with Gasteiger partial charge in [0, 0.05) is 0 Å². The number of fused-ring (bicyclic) bond motifs is 1. The van der Waals surface area contributed by atoms with E-state index in [9.17, 15) is 9.50 Å². The fourth-order valence-electron chi connectivity index (χ4n) is 2.62. The van der Waals surface area contributed by atoms with Crippen molar-refractivity contribution < 1.29 is 14.2 Å². The molecule has 0 fully saturated rings. The molecule has 1 heterocycles. The Labute approximate surface area is 129 Å². The summed E-state index contributed by atoms with van der Waals surface area (Å²) in [5, 5.41) is 9.58. The Morgan fingerprint density at radius 3 is 2.82 bits per heavy atom. The zero-order valence-electron chi connectivity index (χ0n) is 12.2. The van der Waals surface area contributed by atoms with Crippen LogP contribution >= 0.6 is 0 Å². The van der Waals surface area contributed by atoms with Gasteiger partial charge in [0.05, 0.1) is 18.9 Å². The molecule has 1 atom stereocenters. The van der Waals surface area contributed by atoms with Crippen LogP contribution in [0.1, 0.15) is 17.5 Å². The van der Waals surface area contributed by atoms with E-state index in [1.54, 1.807) is 6.07 Å². The zero-order valence-corrected chi connectivity index (χ0v) is 12.2. The molecule has 114 valence electrons. The van der Waals surface area contributed by atoms with Crippen LogP contribution in [0.2, 0.25) is 0 Å². The van der Waals surface area contributed by atoms with Gasteiger partial charge in [0.15, 0.2) is 0 Å². The zero-order chi connectivity index (χ0) is 15.4. The first-order chi connectivity index (χ1) is 10.8. The minimum atomic E-state index is -0.249. The monoisotopic (exact) mass is 299 g/mol. The molecule has 1 aliphatic rings. The molecule has 0 saturated carbocycles. The van der Waals surface area contributed by atoms with Crippen LogP contribution in [0.4, 0.5) is 4.39 Å². The summed E-state index contributed by atoms with van der Waals surface area (Å²) in [7, 11) is 0. The van der Waals surface area contributed by atoms with Crippen molar-refractivity contribution in [3.63, 3.8) is 0 Å². The SMILES string of the molecule is OCC(=NCc1ccccc1)[C@@H]1CCc2cc(F)ccc2O1. The first-order valence-corrected chi connectivity index (χ1v) is 7.39. The van der Waals surface area contributed by atoms with Crippen LogP contribution in [0, 0.1) is 5.82 Å². The molecule has 0 amide bonds. The number of benzene rings is 2. The van der Waals surface area contributed by atoms with Crippen molar-refractivity contribution in [2.24, 2.45) is 4.99 Å². The van der Waals surface area contributed by atoms with Crippen LogP contribution in [-0.4, -0.2) is 23.5 Å². The van der Waals surface area contributed by atoms with E-state index in [4.69, 9.17) is 4.74 Å².